The molecule has 2 aliphatic rings. The quantitative estimate of drug-likeness (QED) is 0.693. The van der Waals surface area contributed by atoms with Crippen molar-refractivity contribution in [3.8, 4) is 0 Å². The Hall–Kier alpha value is -0.465. The molecule has 0 spiro atoms. The van der Waals surface area contributed by atoms with Crippen molar-refractivity contribution in [2.24, 2.45) is 16.8 Å². The second-order valence-corrected chi connectivity index (χ2v) is 7.29. The highest BCUT2D eigenvalue weighted by Crippen LogP contribution is 2.38. The third kappa shape index (κ3) is 3.80. The molecule has 0 aromatic heterocycles. The van der Waals surface area contributed by atoms with Gasteiger partial charge in [-0.05, 0) is 46.5 Å². The molecule has 0 N–H and O–H groups in total. The SMILES string of the molecule is [B]C1CCCC2C(=NC(C)C)N(C(C)C)CCC2CC1. The predicted molar refractivity (Wildman–Crippen MR) is 88.6 cm³/mol. The van der Waals surface area contributed by atoms with Crippen molar-refractivity contribution in [1.29, 1.82) is 0 Å². The maximum absolute atomic E-state index is 6.18. The van der Waals surface area contributed by atoms with Crippen molar-refractivity contribution < 1.29 is 0 Å². The van der Waals surface area contributed by atoms with Gasteiger partial charge < -0.3 is 4.90 Å². The first-order valence-electron chi connectivity index (χ1n) is 8.59. The normalized spacial score (nSPS) is 34.2. The van der Waals surface area contributed by atoms with Crippen LogP contribution in [0.1, 0.15) is 66.2 Å². The maximum Gasteiger partial charge on any atom is 0.103 e. The second kappa shape index (κ2) is 7.00. The molecule has 1 aliphatic heterocycles. The van der Waals surface area contributed by atoms with E-state index in [-0.39, 0.29) is 0 Å². The monoisotopic (exact) mass is 274 g/mol. The second-order valence-electron chi connectivity index (χ2n) is 7.29. The summed E-state index contributed by atoms with van der Waals surface area (Å²) in [5.41, 5.74) is 0. The lowest BCUT2D eigenvalue weighted by molar-refractivity contribution is 0.196. The number of rotatable bonds is 2. The Kier molecular flexibility index (Phi) is 5.57. The molecular formula is C17H31BN2. The van der Waals surface area contributed by atoms with Gasteiger partial charge in [-0.2, -0.15) is 0 Å². The van der Waals surface area contributed by atoms with E-state index in [1.54, 1.807) is 0 Å². The van der Waals surface area contributed by atoms with Crippen LogP contribution in [0.2, 0.25) is 5.82 Å². The summed E-state index contributed by atoms with van der Waals surface area (Å²) in [5.74, 6) is 3.33. The molecule has 1 aliphatic carbocycles. The first-order chi connectivity index (χ1) is 9.49. The molecule has 2 nitrogen and oxygen atoms in total. The van der Waals surface area contributed by atoms with E-state index in [9.17, 15) is 0 Å². The Bertz CT molecular complexity index is 338. The van der Waals surface area contributed by atoms with E-state index < -0.39 is 0 Å². The van der Waals surface area contributed by atoms with Crippen LogP contribution in [0.25, 0.3) is 0 Å². The molecule has 0 bridgehead atoms. The Labute approximate surface area is 126 Å². The van der Waals surface area contributed by atoms with Crippen molar-refractivity contribution in [2.75, 3.05) is 6.54 Å². The fraction of sp³-hybridized carbons (Fsp3) is 0.941. The van der Waals surface area contributed by atoms with Crippen molar-refractivity contribution in [3.05, 3.63) is 0 Å². The first kappa shape index (κ1) is 15.9. The van der Waals surface area contributed by atoms with E-state index in [1.807, 2.05) is 0 Å². The van der Waals surface area contributed by atoms with Gasteiger partial charge in [-0.25, -0.2) is 0 Å². The van der Waals surface area contributed by atoms with Gasteiger partial charge in [-0.15, -0.1) is 0 Å². The highest BCUT2D eigenvalue weighted by Gasteiger charge is 2.36. The highest BCUT2D eigenvalue weighted by molar-refractivity contribution is 6.11. The van der Waals surface area contributed by atoms with Crippen molar-refractivity contribution in [3.63, 3.8) is 0 Å². The summed E-state index contributed by atoms with van der Waals surface area (Å²) < 4.78 is 0. The first-order valence-corrected chi connectivity index (χ1v) is 8.59. The zero-order chi connectivity index (χ0) is 14.7. The summed E-state index contributed by atoms with van der Waals surface area (Å²) in [6.45, 7) is 10.2. The van der Waals surface area contributed by atoms with Crippen LogP contribution in [0.15, 0.2) is 4.99 Å². The molecule has 2 fully saturated rings. The number of hydrogen-bond donors (Lipinski definition) is 0. The van der Waals surface area contributed by atoms with E-state index in [4.69, 9.17) is 12.8 Å². The molecule has 3 atom stereocenters. The summed E-state index contributed by atoms with van der Waals surface area (Å²) in [6, 6.07) is 0.971. The van der Waals surface area contributed by atoms with Crippen LogP contribution in [0.5, 0.6) is 0 Å². The van der Waals surface area contributed by atoms with Gasteiger partial charge in [0.1, 0.15) is 5.84 Å². The minimum absolute atomic E-state index is 0.401. The van der Waals surface area contributed by atoms with Gasteiger partial charge in [0.25, 0.3) is 0 Å². The van der Waals surface area contributed by atoms with Gasteiger partial charge in [0, 0.05) is 24.5 Å². The minimum atomic E-state index is 0.401. The maximum atomic E-state index is 6.18. The lowest BCUT2D eigenvalue weighted by atomic mass is 9.69. The third-order valence-corrected chi connectivity index (χ3v) is 4.95. The Morgan fingerprint density at radius 1 is 1.05 bits per heavy atom. The molecule has 1 saturated heterocycles. The molecular weight excluding hydrogens is 243 g/mol. The number of likely N-dealkylation sites (tertiary alicyclic amines) is 1. The largest absolute Gasteiger partial charge is 0.358 e. The van der Waals surface area contributed by atoms with Gasteiger partial charge in [0.15, 0.2) is 0 Å². The van der Waals surface area contributed by atoms with Crippen LogP contribution in [0, 0.1) is 11.8 Å². The average molecular weight is 274 g/mol. The number of aliphatic imine (C=N–C) groups is 1. The summed E-state index contributed by atoms with van der Waals surface area (Å²) >= 11 is 0. The average Bonchev–Trinajstić information content (AvgIpc) is 2.34. The van der Waals surface area contributed by atoms with Crippen LogP contribution >= 0.6 is 0 Å². The molecule has 2 radical (unpaired) electrons. The highest BCUT2D eigenvalue weighted by atomic mass is 15.2. The van der Waals surface area contributed by atoms with Crippen LogP contribution < -0.4 is 0 Å². The van der Waals surface area contributed by atoms with E-state index in [0.29, 0.717) is 23.8 Å². The van der Waals surface area contributed by atoms with E-state index in [1.165, 1.54) is 50.9 Å². The molecule has 3 heteroatoms. The molecule has 0 aromatic rings. The van der Waals surface area contributed by atoms with Gasteiger partial charge in [-0.1, -0.05) is 31.5 Å². The molecule has 0 amide bonds. The Balaban J connectivity index is 2.20. The summed E-state index contributed by atoms with van der Waals surface area (Å²) in [4.78, 5) is 7.58. The van der Waals surface area contributed by atoms with Gasteiger partial charge >= 0.3 is 0 Å². The van der Waals surface area contributed by atoms with Crippen molar-refractivity contribution >= 4 is 13.7 Å². The molecule has 3 unspecified atom stereocenters. The van der Waals surface area contributed by atoms with Crippen LogP contribution in [-0.2, 0) is 0 Å². The number of hydrogen-bond acceptors (Lipinski definition) is 1. The minimum Gasteiger partial charge on any atom is -0.358 e. The zero-order valence-electron chi connectivity index (χ0n) is 13.8. The van der Waals surface area contributed by atoms with E-state index >= 15 is 0 Å². The number of piperidine rings is 1. The molecule has 0 aromatic carbocycles. The van der Waals surface area contributed by atoms with Crippen LogP contribution in [0.3, 0.4) is 0 Å². The fourth-order valence-electron chi connectivity index (χ4n) is 3.88. The van der Waals surface area contributed by atoms with Crippen LogP contribution in [0.4, 0.5) is 0 Å². The summed E-state index contributed by atoms with van der Waals surface area (Å²) in [6.07, 6.45) is 7.58. The lowest BCUT2D eigenvalue weighted by Crippen LogP contribution is -2.49. The smallest absolute Gasteiger partial charge is 0.103 e. The van der Waals surface area contributed by atoms with Crippen molar-refractivity contribution in [1.82, 2.24) is 4.90 Å². The van der Waals surface area contributed by atoms with Crippen molar-refractivity contribution in [2.45, 2.75) is 84.1 Å². The van der Waals surface area contributed by atoms with E-state index in [2.05, 4.69) is 32.6 Å². The fourth-order valence-corrected chi connectivity index (χ4v) is 3.88. The number of nitrogens with zero attached hydrogens (tertiary/aromatic N) is 2. The third-order valence-electron chi connectivity index (χ3n) is 4.95. The van der Waals surface area contributed by atoms with Gasteiger partial charge in [0.05, 0.1) is 7.85 Å². The zero-order valence-corrected chi connectivity index (χ0v) is 13.8. The number of fused-ring (bicyclic) bond motifs is 1. The van der Waals surface area contributed by atoms with Crippen LogP contribution in [-0.4, -0.2) is 37.2 Å². The molecule has 1 saturated carbocycles. The predicted octanol–water partition coefficient (Wildman–Crippen LogP) is 4.06. The Morgan fingerprint density at radius 2 is 1.80 bits per heavy atom. The Morgan fingerprint density at radius 3 is 2.45 bits per heavy atom. The lowest BCUT2D eigenvalue weighted by Gasteiger charge is -2.44. The summed E-state index contributed by atoms with van der Waals surface area (Å²) in [7, 11) is 6.18. The molecule has 112 valence electrons. The molecule has 1 heterocycles. The molecule has 2 rings (SSSR count). The summed E-state index contributed by atoms with van der Waals surface area (Å²) in [5, 5.41) is 0. The topological polar surface area (TPSA) is 15.6 Å². The van der Waals surface area contributed by atoms with Gasteiger partial charge in [-0.3, -0.25) is 4.99 Å². The molecule has 20 heavy (non-hydrogen) atoms. The standard InChI is InChI=1S/C17H31BN2/c1-12(2)19-17-16-7-5-6-15(18)9-8-14(16)10-11-20(17)13(3)4/h12-16H,5-11H2,1-4H3. The van der Waals surface area contributed by atoms with E-state index in [0.717, 1.165) is 5.92 Å². The van der Waals surface area contributed by atoms with Gasteiger partial charge in [0.2, 0.25) is 0 Å². The number of amidine groups is 1.